The van der Waals surface area contributed by atoms with Crippen molar-refractivity contribution in [3.8, 4) is 0 Å². The van der Waals surface area contributed by atoms with Crippen LogP contribution in [0.5, 0.6) is 0 Å². The summed E-state index contributed by atoms with van der Waals surface area (Å²) in [5.41, 5.74) is 1.68. The number of benzene rings is 1. The number of anilines is 1. The number of imide groups is 1. The van der Waals surface area contributed by atoms with E-state index in [4.69, 9.17) is 0 Å². The van der Waals surface area contributed by atoms with Gasteiger partial charge in [0.15, 0.2) is 0 Å². The Morgan fingerprint density at radius 3 is 2.23 bits per heavy atom. The van der Waals surface area contributed by atoms with Crippen LogP contribution in [-0.2, 0) is 30.5 Å². The SMILES string of the molecule is CNCc1ccc(NC(=O)C(C)NC(=O)CNC(=O)CCN2C(=O)C=CC2=O)cc1. The third-order valence-corrected chi connectivity index (χ3v) is 4.28. The first-order valence-electron chi connectivity index (χ1n) is 9.44. The summed E-state index contributed by atoms with van der Waals surface area (Å²) in [4.78, 5) is 59.7. The minimum absolute atomic E-state index is 0.0654. The summed E-state index contributed by atoms with van der Waals surface area (Å²) in [7, 11) is 1.84. The molecule has 5 amide bonds. The topological polar surface area (TPSA) is 137 Å². The third-order valence-electron chi connectivity index (χ3n) is 4.28. The van der Waals surface area contributed by atoms with Gasteiger partial charge in [-0.05, 0) is 31.7 Å². The lowest BCUT2D eigenvalue weighted by Crippen LogP contribution is -2.46. The Kier molecular flexibility index (Phi) is 8.24. The molecule has 0 aromatic heterocycles. The number of hydrogen-bond donors (Lipinski definition) is 4. The maximum Gasteiger partial charge on any atom is 0.253 e. The molecule has 4 N–H and O–H groups in total. The van der Waals surface area contributed by atoms with Gasteiger partial charge in [0.1, 0.15) is 6.04 Å². The zero-order chi connectivity index (χ0) is 22.1. The second-order valence-electron chi connectivity index (χ2n) is 6.69. The zero-order valence-corrected chi connectivity index (χ0v) is 16.9. The van der Waals surface area contributed by atoms with Gasteiger partial charge in [-0.3, -0.25) is 28.9 Å². The Morgan fingerprint density at radius 1 is 1.00 bits per heavy atom. The van der Waals surface area contributed by atoms with Crippen molar-refractivity contribution in [2.24, 2.45) is 0 Å². The Bertz CT molecular complexity index is 832. The second kappa shape index (κ2) is 10.9. The maximum atomic E-state index is 12.2. The molecule has 1 aliphatic heterocycles. The van der Waals surface area contributed by atoms with Gasteiger partial charge in [0.05, 0.1) is 6.54 Å². The van der Waals surface area contributed by atoms with E-state index in [0.29, 0.717) is 12.2 Å². The van der Waals surface area contributed by atoms with E-state index in [-0.39, 0.29) is 19.5 Å². The summed E-state index contributed by atoms with van der Waals surface area (Å²) in [5, 5.41) is 10.6. The summed E-state index contributed by atoms with van der Waals surface area (Å²) < 4.78 is 0. The first-order valence-corrected chi connectivity index (χ1v) is 9.44. The quantitative estimate of drug-likeness (QED) is 0.372. The smallest absolute Gasteiger partial charge is 0.253 e. The number of rotatable bonds is 10. The average molecular weight is 415 g/mol. The van der Waals surface area contributed by atoms with Gasteiger partial charge in [-0.1, -0.05) is 12.1 Å². The van der Waals surface area contributed by atoms with E-state index >= 15 is 0 Å². The van der Waals surface area contributed by atoms with E-state index in [1.807, 2.05) is 19.2 Å². The minimum atomic E-state index is -0.808. The minimum Gasteiger partial charge on any atom is -0.347 e. The van der Waals surface area contributed by atoms with Crippen molar-refractivity contribution < 1.29 is 24.0 Å². The lowest BCUT2D eigenvalue weighted by atomic mass is 10.2. The van der Waals surface area contributed by atoms with Gasteiger partial charge in [-0.25, -0.2) is 0 Å². The molecule has 1 heterocycles. The van der Waals surface area contributed by atoms with Crippen LogP contribution >= 0.6 is 0 Å². The van der Waals surface area contributed by atoms with Gasteiger partial charge in [-0.2, -0.15) is 0 Å². The number of carbonyl (C=O) groups is 5. The number of amides is 5. The molecule has 1 aliphatic rings. The lowest BCUT2D eigenvalue weighted by molar-refractivity contribution is -0.137. The molecule has 0 bridgehead atoms. The first-order chi connectivity index (χ1) is 14.3. The molecule has 10 nitrogen and oxygen atoms in total. The van der Waals surface area contributed by atoms with Gasteiger partial charge in [-0.15, -0.1) is 0 Å². The van der Waals surface area contributed by atoms with Crippen molar-refractivity contribution in [2.75, 3.05) is 25.5 Å². The van der Waals surface area contributed by atoms with Gasteiger partial charge in [0.25, 0.3) is 11.8 Å². The van der Waals surface area contributed by atoms with E-state index in [9.17, 15) is 24.0 Å². The van der Waals surface area contributed by atoms with Crippen molar-refractivity contribution in [3.63, 3.8) is 0 Å². The highest BCUT2D eigenvalue weighted by atomic mass is 16.2. The van der Waals surface area contributed by atoms with Crippen molar-refractivity contribution in [1.29, 1.82) is 0 Å². The molecule has 1 unspecified atom stereocenters. The average Bonchev–Trinajstić information content (AvgIpc) is 3.04. The normalized spacial score (nSPS) is 13.9. The van der Waals surface area contributed by atoms with Crippen LogP contribution in [0.3, 0.4) is 0 Å². The molecule has 0 aliphatic carbocycles. The van der Waals surface area contributed by atoms with Gasteiger partial charge < -0.3 is 21.3 Å². The molecule has 0 radical (unpaired) electrons. The van der Waals surface area contributed by atoms with Crippen LogP contribution in [0.4, 0.5) is 5.69 Å². The van der Waals surface area contributed by atoms with Crippen molar-refractivity contribution >= 4 is 35.2 Å². The fourth-order valence-electron chi connectivity index (χ4n) is 2.65. The number of hydrogen-bond acceptors (Lipinski definition) is 6. The zero-order valence-electron chi connectivity index (χ0n) is 16.9. The highest BCUT2D eigenvalue weighted by molar-refractivity contribution is 6.13. The summed E-state index contributed by atoms with van der Waals surface area (Å²) in [6.45, 7) is 1.86. The third kappa shape index (κ3) is 6.82. The van der Waals surface area contributed by atoms with Crippen molar-refractivity contribution in [1.82, 2.24) is 20.9 Å². The van der Waals surface area contributed by atoms with Gasteiger partial charge in [0.2, 0.25) is 17.7 Å². The monoisotopic (exact) mass is 415 g/mol. The number of nitrogens with zero attached hydrogens (tertiary/aromatic N) is 1. The molecule has 2 rings (SSSR count). The predicted octanol–water partition coefficient (Wildman–Crippen LogP) is -0.719. The van der Waals surface area contributed by atoms with Crippen LogP contribution in [0.25, 0.3) is 0 Å². The molecule has 1 atom stereocenters. The molecule has 30 heavy (non-hydrogen) atoms. The van der Waals surface area contributed by atoms with Crippen LogP contribution in [0.2, 0.25) is 0 Å². The molecular formula is C20H25N5O5. The van der Waals surface area contributed by atoms with Gasteiger partial charge >= 0.3 is 0 Å². The highest BCUT2D eigenvalue weighted by Gasteiger charge is 2.23. The largest absolute Gasteiger partial charge is 0.347 e. The molecule has 0 fully saturated rings. The molecule has 0 spiro atoms. The summed E-state index contributed by atoms with van der Waals surface area (Å²) >= 11 is 0. The van der Waals surface area contributed by atoms with Crippen LogP contribution in [0, 0.1) is 0 Å². The first kappa shape index (κ1) is 22.8. The molecule has 160 valence electrons. The number of nitrogens with one attached hydrogen (secondary N) is 4. The van der Waals surface area contributed by atoms with E-state index in [1.54, 1.807) is 12.1 Å². The number of carbonyl (C=O) groups excluding carboxylic acids is 5. The fraction of sp³-hybridized carbons (Fsp3) is 0.350. The second-order valence-corrected chi connectivity index (χ2v) is 6.69. The molecular weight excluding hydrogens is 390 g/mol. The molecule has 1 aromatic carbocycles. The molecule has 0 saturated heterocycles. The fourth-order valence-corrected chi connectivity index (χ4v) is 2.65. The lowest BCUT2D eigenvalue weighted by Gasteiger charge is -2.15. The highest BCUT2D eigenvalue weighted by Crippen LogP contribution is 2.10. The van der Waals surface area contributed by atoms with Crippen LogP contribution in [0.1, 0.15) is 18.9 Å². The van der Waals surface area contributed by atoms with Crippen LogP contribution in [-0.4, -0.2) is 60.6 Å². The molecule has 1 aromatic rings. The Morgan fingerprint density at radius 2 is 1.63 bits per heavy atom. The van der Waals surface area contributed by atoms with Crippen LogP contribution in [0.15, 0.2) is 36.4 Å². The van der Waals surface area contributed by atoms with E-state index in [2.05, 4.69) is 21.3 Å². The standard InChI is InChI=1S/C20H25N5O5/c1-13(20(30)24-15-5-3-14(4-6-15)11-21-2)23-17(27)12-22-16(26)9-10-25-18(28)7-8-19(25)29/h3-8,13,21H,9-12H2,1-2H3,(H,22,26)(H,23,27)(H,24,30). The van der Waals surface area contributed by atoms with E-state index in [0.717, 1.165) is 22.6 Å². The summed E-state index contributed by atoms with van der Waals surface area (Å²) in [5.74, 6) is -2.36. The predicted molar refractivity (Wildman–Crippen MR) is 109 cm³/mol. The summed E-state index contributed by atoms with van der Waals surface area (Å²) in [6.07, 6.45) is 2.15. The van der Waals surface area contributed by atoms with E-state index in [1.165, 1.54) is 6.92 Å². The Hall–Kier alpha value is -3.53. The van der Waals surface area contributed by atoms with Gasteiger partial charge in [0, 0.05) is 37.3 Å². The Balaban J connectivity index is 1.69. The van der Waals surface area contributed by atoms with Crippen LogP contribution < -0.4 is 21.3 Å². The van der Waals surface area contributed by atoms with Crippen molar-refractivity contribution in [2.45, 2.75) is 25.9 Å². The van der Waals surface area contributed by atoms with E-state index < -0.39 is 35.6 Å². The Labute approximate surface area is 174 Å². The molecule has 0 saturated carbocycles. The van der Waals surface area contributed by atoms with Crippen molar-refractivity contribution in [3.05, 3.63) is 42.0 Å². The summed E-state index contributed by atoms with van der Waals surface area (Å²) in [6, 6.07) is 6.49. The maximum absolute atomic E-state index is 12.2. The molecule has 10 heteroatoms.